The lowest BCUT2D eigenvalue weighted by Crippen LogP contribution is -2.14. The minimum atomic E-state index is -0.319. The maximum Gasteiger partial charge on any atom is 0.146 e. The number of para-hydroxylation sites is 1. The van der Waals surface area contributed by atoms with Crippen LogP contribution in [0.5, 0.6) is 0 Å². The van der Waals surface area contributed by atoms with Gasteiger partial charge in [0.05, 0.1) is 22.6 Å². The minimum Gasteiger partial charge on any atom is -0.341 e. The van der Waals surface area contributed by atoms with E-state index in [-0.39, 0.29) is 5.82 Å². The van der Waals surface area contributed by atoms with E-state index in [0.29, 0.717) is 22.6 Å². The second-order valence-corrected chi connectivity index (χ2v) is 4.37. The number of aryl methyl sites for hydroxylation is 2. The largest absolute Gasteiger partial charge is 0.341 e. The average Bonchev–Trinajstić information content (AvgIpc) is 2.37. The van der Waals surface area contributed by atoms with Crippen molar-refractivity contribution in [3.05, 3.63) is 53.1 Å². The van der Waals surface area contributed by atoms with Crippen LogP contribution in [0, 0.1) is 31.0 Å². The summed E-state index contributed by atoms with van der Waals surface area (Å²) in [5.74, 6) is -0.319. The fraction of sp³-hybridized carbons (Fsp3) is 0.200. The number of nitrogens with zero attached hydrogens (tertiary/aromatic N) is 3. The zero-order chi connectivity index (χ0) is 14.0. The van der Waals surface area contributed by atoms with Gasteiger partial charge in [-0.05, 0) is 32.0 Å². The van der Waals surface area contributed by atoms with Gasteiger partial charge in [0.1, 0.15) is 11.9 Å². The summed E-state index contributed by atoms with van der Waals surface area (Å²) in [5.41, 5.74) is 3.02. The Labute approximate surface area is 111 Å². The second-order valence-electron chi connectivity index (χ2n) is 4.37. The van der Waals surface area contributed by atoms with Crippen molar-refractivity contribution in [2.24, 2.45) is 0 Å². The number of benzene rings is 1. The molecule has 0 spiro atoms. The van der Waals surface area contributed by atoms with Gasteiger partial charge in [-0.2, -0.15) is 5.26 Å². The van der Waals surface area contributed by atoms with Crippen molar-refractivity contribution >= 4 is 11.4 Å². The summed E-state index contributed by atoms with van der Waals surface area (Å²) in [4.78, 5) is 5.94. The normalized spacial score (nSPS) is 10.1. The first-order chi connectivity index (χ1) is 9.04. The number of pyridine rings is 1. The molecule has 0 aliphatic rings. The molecule has 0 aliphatic heterocycles. The highest BCUT2D eigenvalue weighted by atomic mass is 19.1. The van der Waals surface area contributed by atoms with Crippen molar-refractivity contribution in [2.45, 2.75) is 13.8 Å². The molecule has 0 saturated carbocycles. The molecule has 19 heavy (non-hydrogen) atoms. The van der Waals surface area contributed by atoms with Crippen LogP contribution in [0.2, 0.25) is 0 Å². The quantitative estimate of drug-likeness (QED) is 0.824. The van der Waals surface area contributed by atoms with Crippen LogP contribution < -0.4 is 4.90 Å². The summed E-state index contributed by atoms with van der Waals surface area (Å²) in [6, 6.07) is 10.4. The second kappa shape index (κ2) is 5.07. The number of hydrogen-bond acceptors (Lipinski definition) is 3. The smallest absolute Gasteiger partial charge is 0.146 e. The van der Waals surface area contributed by atoms with E-state index in [0.717, 1.165) is 5.69 Å². The first-order valence-corrected chi connectivity index (χ1v) is 5.91. The van der Waals surface area contributed by atoms with Gasteiger partial charge < -0.3 is 4.90 Å². The van der Waals surface area contributed by atoms with E-state index < -0.39 is 0 Å². The lowest BCUT2D eigenvalue weighted by atomic mass is 10.1. The molecular weight excluding hydrogens is 241 g/mol. The van der Waals surface area contributed by atoms with Crippen molar-refractivity contribution < 1.29 is 4.39 Å². The summed E-state index contributed by atoms with van der Waals surface area (Å²) in [5, 5.41) is 9.24. The van der Waals surface area contributed by atoms with Crippen LogP contribution in [-0.4, -0.2) is 12.0 Å². The highest BCUT2D eigenvalue weighted by Crippen LogP contribution is 2.30. The zero-order valence-corrected chi connectivity index (χ0v) is 11.1. The van der Waals surface area contributed by atoms with Crippen LogP contribution in [-0.2, 0) is 0 Å². The van der Waals surface area contributed by atoms with E-state index in [4.69, 9.17) is 0 Å². The number of nitriles is 1. The number of anilines is 2. The van der Waals surface area contributed by atoms with Gasteiger partial charge in [-0.3, -0.25) is 4.98 Å². The van der Waals surface area contributed by atoms with Gasteiger partial charge in [-0.1, -0.05) is 12.1 Å². The molecule has 0 radical (unpaired) electrons. The first-order valence-electron chi connectivity index (χ1n) is 5.91. The van der Waals surface area contributed by atoms with Gasteiger partial charge in [0.15, 0.2) is 0 Å². The molecule has 96 valence electrons. The molecule has 0 unspecified atom stereocenters. The van der Waals surface area contributed by atoms with Crippen molar-refractivity contribution in [1.29, 1.82) is 5.26 Å². The SMILES string of the molecule is Cc1cc(N(C)c2ccccc2F)c(C#N)c(C)n1. The molecule has 0 N–H and O–H groups in total. The topological polar surface area (TPSA) is 39.9 Å². The van der Waals surface area contributed by atoms with E-state index in [9.17, 15) is 9.65 Å². The average molecular weight is 255 g/mol. The molecule has 4 heteroatoms. The molecule has 0 amide bonds. The Morgan fingerprint density at radius 1 is 1.21 bits per heavy atom. The third kappa shape index (κ3) is 2.41. The Balaban J connectivity index is 2.60. The van der Waals surface area contributed by atoms with Gasteiger partial charge in [0.25, 0.3) is 0 Å². The van der Waals surface area contributed by atoms with E-state index >= 15 is 0 Å². The summed E-state index contributed by atoms with van der Waals surface area (Å²) in [6.07, 6.45) is 0. The lowest BCUT2D eigenvalue weighted by Gasteiger charge is -2.22. The zero-order valence-electron chi connectivity index (χ0n) is 11.1. The fourth-order valence-electron chi connectivity index (χ4n) is 2.06. The maximum atomic E-state index is 13.8. The van der Waals surface area contributed by atoms with Crippen LogP contribution >= 0.6 is 0 Å². The Morgan fingerprint density at radius 3 is 2.53 bits per heavy atom. The van der Waals surface area contributed by atoms with Crippen LogP contribution in [0.25, 0.3) is 0 Å². The van der Waals surface area contributed by atoms with Crippen molar-refractivity contribution in [1.82, 2.24) is 4.98 Å². The molecule has 0 bridgehead atoms. The highest BCUT2D eigenvalue weighted by Gasteiger charge is 2.15. The molecule has 0 atom stereocenters. The van der Waals surface area contributed by atoms with Crippen LogP contribution in [0.1, 0.15) is 17.0 Å². The van der Waals surface area contributed by atoms with E-state index in [1.165, 1.54) is 6.07 Å². The third-order valence-corrected chi connectivity index (χ3v) is 2.99. The molecule has 1 aromatic carbocycles. The van der Waals surface area contributed by atoms with Gasteiger partial charge in [0, 0.05) is 12.7 Å². The van der Waals surface area contributed by atoms with E-state index in [1.807, 2.05) is 6.92 Å². The predicted octanol–water partition coefficient (Wildman–Crippen LogP) is 3.48. The number of halogens is 1. The molecular formula is C15H14FN3. The van der Waals surface area contributed by atoms with Crippen molar-refractivity contribution in [2.75, 3.05) is 11.9 Å². The summed E-state index contributed by atoms with van der Waals surface area (Å²) in [6.45, 7) is 3.64. The Kier molecular flexibility index (Phi) is 3.48. The number of aromatic nitrogens is 1. The van der Waals surface area contributed by atoms with Gasteiger partial charge in [-0.25, -0.2) is 4.39 Å². The summed E-state index contributed by atoms with van der Waals surface area (Å²) < 4.78 is 13.8. The molecule has 2 rings (SSSR count). The molecule has 1 heterocycles. The van der Waals surface area contributed by atoms with Crippen molar-refractivity contribution in [3.8, 4) is 6.07 Å². The lowest BCUT2D eigenvalue weighted by molar-refractivity contribution is 0.627. The van der Waals surface area contributed by atoms with Gasteiger partial charge in [0.2, 0.25) is 0 Å². The summed E-state index contributed by atoms with van der Waals surface area (Å²) in [7, 11) is 1.74. The Hall–Kier alpha value is -2.41. The highest BCUT2D eigenvalue weighted by molar-refractivity contribution is 5.70. The monoisotopic (exact) mass is 255 g/mol. The molecule has 1 aromatic heterocycles. The van der Waals surface area contributed by atoms with E-state index in [1.54, 1.807) is 43.1 Å². The van der Waals surface area contributed by atoms with Crippen LogP contribution in [0.3, 0.4) is 0 Å². The van der Waals surface area contributed by atoms with E-state index in [2.05, 4.69) is 11.1 Å². The third-order valence-electron chi connectivity index (χ3n) is 2.99. The first kappa shape index (κ1) is 13.0. The fourth-order valence-corrected chi connectivity index (χ4v) is 2.06. The van der Waals surface area contributed by atoms with Crippen molar-refractivity contribution in [3.63, 3.8) is 0 Å². The molecule has 0 fully saturated rings. The Bertz CT molecular complexity index is 659. The van der Waals surface area contributed by atoms with Crippen LogP contribution in [0.4, 0.5) is 15.8 Å². The van der Waals surface area contributed by atoms with Gasteiger partial charge in [-0.15, -0.1) is 0 Å². The maximum absolute atomic E-state index is 13.8. The molecule has 2 aromatic rings. The standard InChI is InChI=1S/C15H14FN3/c1-10-8-15(12(9-17)11(2)18-10)19(3)14-7-5-4-6-13(14)16/h4-8H,1-3H3. The molecule has 0 saturated heterocycles. The summed E-state index contributed by atoms with van der Waals surface area (Å²) >= 11 is 0. The predicted molar refractivity (Wildman–Crippen MR) is 72.9 cm³/mol. The minimum absolute atomic E-state index is 0.319. The number of hydrogen-bond donors (Lipinski definition) is 0. The van der Waals surface area contributed by atoms with Crippen LogP contribution in [0.15, 0.2) is 30.3 Å². The Morgan fingerprint density at radius 2 is 1.89 bits per heavy atom. The molecule has 0 aliphatic carbocycles. The molecule has 3 nitrogen and oxygen atoms in total. The van der Waals surface area contributed by atoms with Gasteiger partial charge >= 0.3 is 0 Å². The number of rotatable bonds is 2.